The van der Waals surface area contributed by atoms with E-state index >= 15 is 0 Å². The molecule has 3 unspecified atom stereocenters. The van der Waals surface area contributed by atoms with Gasteiger partial charge in [0.1, 0.15) is 12.0 Å². The van der Waals surface area contributed by atoms with Crippen molar-refractivity contribution in [2.24, 2.45) is 0 Å². The van der Waals surface area contributed by atoms with Crippen LogP contribution in [-0.2, 0) is 16.0 Å². The van der Waals surface area contributed by atoms with Gasteiger partial charge in [-0.1, -0.05) is 12.1 Å². The molecule has 4 N–H and O–H groups in total. The summed E-state index contributed by atoms with van der Waals surface area (Å²) in [5.41, 5.74) is 2.19. The van der Waals surface area contributed by atoms with Crippen LogP contribution >= 0.6 is 0 Å². The van der Waals surface area contributed by atoms with Crippen LogP contribution in [0.1, 0.15) is 48.2 Å². The number of carboxylic acids is 1. The first-order valence-electron chi connectivity index (χ1n) is 11.7. The number of piperazine rings is 1. The van der Waals surface area contributed by atoms with Crippen molar-refractivity contribution in [3.8, 4) is 5.88 Å². The number of aliphatic hydroxyl groups is 2. The Morgan fingerprint density at radius 1 is 1.26 bits per heavy atom. The molecule has 2 aromatic rings. The Hall–Kier alpha value is -3.28. The fourth-order valence-electron chi connectivity index (χ4n) is 4.61. The van der Waals surface area contributed by atoms with E-state index < -0.39 is 24.3 Å². The van der Waals surface area contributed by atoms with Crippen molar-refractivity contribution in [2.45, 2.75) is 44.1 Å². The summed E-state index contributed by atoms with van der Waals surface area (Å²) in [6.45, 7) is 1.99. The highest BCUT2D eigenvalue weighted by molar-refractivity contribution is 5.80. The molecule has 188 valence electrons. The topological polar surface area (TPSA) is 148 Å². The number of amides is 1. The van der Waals surface area contributed by atoms with Gasteiger partial charge in [-0.3, -0.25) is 14.5 Å². The number of nitrogens with one attached hydrogen (secondary N) is 1. The lowest BCUT2D eigenvalue weighted by Crippen LogP contribution is -2.52. The van der Waals surface area contributed by atoms with Crippen molar-refractivity contribution < 1.29 is 29.6 Å². The molecule has 2 aliphatic rings. The van der Waals surface area contributed by atoms with Gasteiger partial charge < -0.3 is 30.3 Å². The van der Waals surface area contributed by atoms with Crippen LogP contribution in [-0.4, -0.2) is 86.5 Å². The van der Waals surface area contributed by atoms with E-state index in [1.807, 2.05) is 12.1 Å². The van der Waals surface area contributed by atoms with E-state index in [1.54, 1.807) is 23.2 Å². The number of carboxylic acid groups (broad SMARTS) is 1. The zero-order valence-electron chi connectivity index (χ0n) is 19.6. The second-order valence-electron chi connectivity index (χ2n) is 8.87. The van der Waals surface area contributed by atoms with Gasteiger partial charge in [0.2, 0.25) is 11.8 Å². The Morgan fingerprint density at radius 2 is 2.09 bits per heavy atom. The molecule has 4 rings (SSSR count). The van der Waals surface area contributed by atoms with E-state index in [0.717, 1.165) is 12.1 Å². The predicted octanol–water partition coefficient (Wildman–Crippen LogP) is 0.945. The highest BCUT2D eigenvalue weighted by Crippen LogP contribution is 2.31. The summed E-state index contributed by atoms with van der Waals surface area (Å²) >= 11 is 0. The Balaban J connectivity index is 1.32. The van der Waals surface area contributed by atoms with Gasteiger partial charge in [0, 0.05) is 43.0 Å². The normalized spacial score (nSPS) is 21.2. The zero-order chi connectivity index (χ0) is 24.9. The lowest BCUT2D eigenvalue weighted by atomic mass is 10.0. The number of ether oxygens (including phenoxy) is 1. The second kappa shape index (κ2) is 11.0. The van der Waals surface area contributed by atoms with Crippen LogP contribution in [0, 0.1) is 0 Å². The summed E-state index contributed by atoms with van der Waals surface area (Å²) in [6.07, 6.45) is 1.52. The number of pyridine rings is 2. The quantitative estimate of drug-likeness (QED) is 0.404. The molecular weight excluding hydrogens is 454 g/mol. The van der Waals surface area contributed by atoms with Gasteiger partial charge in [-0.2, -0.15) is 0 Å². The molecule has 1 saturated heterocycles. The van der Waals surface area contributed by atoms with Crippen LogP contribution in [0.2, 0.25) is 0 Å². The molecule has 1 fully saturated rings. The summed E-state index contributed by atoms with van der Waals surface area (Å²) in [7, 11) is 1.51. The molecule has 0 aliphatic carbocycles. The molecule has 0 radical (unpaired) electrons. The minimum Gasteiger partial charge on any atom is -0.481 e. The molecule has 11 nitrogen and oxygen atoms in total. The van der Waals surface area contributed by atoms with Crippen molar-refractivity contribution in [1.82, 2.24) is 19.8 Å². The molecule has 0 aromatic carbocycles. The molecule has 0 bridgehead atoms. The van der Waals surface area contributed by atoms with Gasteiger partial charge in [0.05, 0.1) is 32.2 Å². The second-order valence-corrected chi connectivity index (χ2v) is 8.87. The van der Waals surface area contributed by atoms with Crippen molar-refractivity contribution in [3.63, 3.8) is 0 Å². The zero-order valence-corrected chi connectivity index (χ0v) is 19.6. The fraction of sp³-hybridized carbons (Fsp3) is 0.500. The van der Waals surface area contributed by atoms with Gasteiger partial charge in [-0.05, 0) is 31.0 Å². The number of fused-ring (bicyclic) bond motifs is 1. The van der Waals surface area contributed by atoms with Crippen LogP contribution in [0.3, 0.4) is 0 Å². The number of aromatic nitrogens is 2. The Morgan fingerprint density at radius 3 is 2.77 bits per heavy atom. The van der Waals surface area contributed by atoms with Crippen LogP contribution in [0.5, 0.6) is 5.88 Å². The first-order chi connectivity index (χ1) is 16.8. The van der Waals surface area contributed by atoms with Gasteiger partial charge in [-0.15, -0.1) is 0 Å². The lowest BCUT2D eigenvalue weighted by molar-refractivity contribution is -0.143. The van der Waals surface area contributed by atoms with E-state index in [4.69, 9.17) is 4.74 Å². The number of rotatable bonds is 9. The summed E-state index contributed by atoms with van der Waals surface area (Å²) in [6, 6.07) is 6.54. The third-order valence-corrected chi connectivity index (χ3v) is 6.43. The van der Waals surface area contributed by atoms with E-state index in [1.165, 1.54) is 7.11 Å². The molecule has 0 spiro atoms. The Bertz CT molecular complexity index is 1050. The van der Waals surface area contributed by atoms with E-state index in [9.17, 15) is 24.9 Å². The van der Waals surface area contributed by atoms with Gasteiger partial charge in [0.25, 0.3) is 0 Å². The van der Waals surface area contributed by atoms with Gasteiger partial charge >= 0.3 is 5.97 Å². The molecule has 3 atom stereocenters. The fourth-order valence-corrected chi connectivity index (χ4v) is 4.61. The minimum atomic E-state index is -0.979. The predicted molar refractivity (Wildman–Crippen MR) is 126 cm³/mol. The summed E-state index contributed by atoms with van der Waals surface area (Å²) in [5, 5.41) is 32.2. The van der Waals surface area contributed by atoms with E-state index in [-0.39, 0.29) is 25.3 Å². The molecule has 2 aromatic heterocycles. The molecule has 11 heteroatoms. The minimum absolute atomic E-state index is 0.114. The average Bonchev–Trinajstić information content (AvgIpc) is 2.82. The summed E-state index contributed by atoms with van der Waals surface area (Å²) < 4.78 is 5.07. The first kappa shape index (κ1) is 24.8. The van der Waals surface area contributed by atoms with Crippen LogP contribution in [0.25, 0.3) is 0 Å². The number of hydrogen-bond donors (Lipinski definition) is 4. The number of anilines is 1. The molecule has 0 saturated carbocycles. The summed E-state index contributed by atoms with van der Waals surface area (Å²) in [4.78, 5) is 36.8. The number of aryl methyl sites for hydroxylation is 1. The van der Waals surface area contributed by atoms with Crippen LogP contribution < -0.4 is 10.1 Å². The van der Waals surface area contributed by atoms with Crippen molar-refractivity contribution >= 4 is 17.7 Å². The number of hydrogen-bond acceptors (Lipinski definition) is 9. The molecular formula is C24H31N5O6. The summed E-state index contributed by atoms with van der Waals surface area (Å²) in [5.74, 6) is -0.156. The average molecular weight is 486 g/mol. The lowest BCUT2D eigenvalue weighted by Gasteiger charge is -2.38. The van der Waals surface area contributed by atoms with E-state index in [0.29, 0.717) is 48.9 Å². The molecule has 4 heterocycles. The van der Waals surface area contributed by atoms with E-state index in [2.05, 4.69) is 20.2 Å². The smallest absolute Gasteiger partial charge is 0.305 e. The highest BCUT2D eigenvalue weighted by Gasteiger charge is 2.32. The maximum absolute atomic E-state index is 13.0. The standard InChI is InChI=1S/C24H31N5O6/c1-35-21-7-4-15(13-25-21)18(11-23(33)34)29-10-9-28(14-22(29)32)8-2-3-16-5-6-17-19(30)12-20(31)27-24(17)26-16/h4-7,13,18-20,30-31H,2-3,8-12,14H2,1H3,(H,26,27)(H,33,34). The first-order valence-corrected chi connectivity index (χ1v) is 11.7. The highest BCUT2D eigenvalue weighted by atomic mass is 16.5. The van der Waals surface area contributed by atoms with Crippen LogP contribution in [0.4, 0.5) is 5.82 Å². The Labute approximate surface area is 203 Å². The number of aliphatic carboxylic acids is 1. The van der Waals surface area contributed by atoms with Gasteiger partial charge in [-0.25, -0.2) is 9.97 Å². The van der Waals surface area contributed by atoms with Crippen molar-refractivity contribution in [1.29, 1.82) is 0 Å². The molecule has 35 heavy (non-hydrogen) atoms. The van der Waals surface area contributed by atoms with Gasteiger partial charge in [0.15, 0.2) is 0 Å². The third-order valence-electron chi connectivity index (χ3n) is 6.43. The third kappa shape index (κ3) is 6.05. The van der Waals surface area contributed by atoms with Crippen LogP contribution in [0.15, 0.2) is 30.5 Å². The maximum Gasteiger partial charge on any atom is 0.305 e. The SMILES string of the molecule is COc1ccc(C(CC(=O)O)N2CCN(CCCc3ccc4c(n3)NC(O)CC4O)CC2=O)cn1. The number of carbonyl (C=O) groups is 2. The number of aliphatic hydroxyl groups excluding tert-OH is 2. The molecule has 1 amide bonds. The maximum atomic E-state index is 13.0. The number of methoxy groups -OCH3 is 1. The van der Waals surface area contributed by atoms with Crippen molar-refractivity contribution in [3.05, 3.63) is 47.3 Å². The molecule has 2 aliphatic heterocycles. The Kier molecular flexibility index (Phi) is 7.79. The number of nitrogens with zero attached hydrogens (tertiary/aromatic N) is 4. The van der Waals surface area contributed by atoms with Crippen molar-refractivity contribution in [2.75, 3.05) is 38.6 Å². The monoisotopic (exact) mass is 485 g/mol. The largest absolute Gasteiger partial charge is 0.481 e. The number of carbonyl (C=O) groups excluding carboxylic acids is 1.